The first-order chi connectivity index (χ1) is 16.0. The minimum atomic E-state index is 0.0305. The summed E-state index contributed by atoms with van der Waals surface area (Å²) in [7, 11) is 0. The van der Waals surface area contributed by atoms with Gasteiger partial charge in [-0.25, -0.2) is 4.68 Å². The van der Waals surface area contributed by atoms with Crippen molar-refractivity contribution >= 4 is 11.8 Å². The van der Waals surface area contributed by atoms with E-state index in [1.807, 2.05) is 50.9 Å². The van der Waals surface area contributed by atoms with Crippen LogP contribution in [0.25, 0.3) is 5.69 Å². The molecule has 1 aromatic heterocycles. The number of hydrogen-bond donors (Lipinski definition) is 0. The number of carbonyl (C=O) groups excluding carboxylic acids is 2. The molecule has 3 heterocycles. The molecule has 176 valence electrons. The molecule has 33 heavy (non-hydrogen) atoms. The lowest BCUT2D eigenvalue weighted by molar-refractivity contribution is -0.135. The van der Waals surface area contributed by atoms with E-state index >= 15 is 0 Å². The molecular weight excluding hydrogens is 414 g/mol. The molecule has 2 saturated heterocycles. The molecule has 1 aliphatic carbocycles. The number of carbonyl (C=O) groups is 2. The van der Waals surface area contributed by atoms with Crippen LogP contribution in [0.5, 0.6) is 0 Å². The number of benzene rings is 1. The number of piperidine rings is 1. The van der Waals surface area contributed by atoms with Gasteiger partial charge in [-0.3, -0.25) is 14.5 Å². The molecule has 1 aromatic carbocycles. The molecule has 2 atom stereocenters. The third-order valence-corrected chi connectivity index (χ3v) is 7.18. The maximum Gasteiger partial charge on any atom is 0.272 e. The molecular formula is C26H35N5O2. The Morgan fingerprint density at radius 1 is 0.939 bits per heavy atom. The molecule has 1 saturated carbocycles. The molecule has 0 bridgehead atoms. The molecule has 7 heteroatoms. The van der Waals surface area contributed by atoms with E-state index in [2.05, 4.69) is 18.7 Å². The highest BCUT2D eigenvalue weighted by atomic mass is 16.2. The van der Waals surface area contributed by atoms with Gasteiger partial charge in [-0.1, -0.05) is 32.0 Å². The van der Waals surface area contributed by atoms with Crippen LogP contribution in [0.4, 0.5) is 0 Å². The number of rotatable bonds is 5. The van der Waals surface area contributed by atoms with Crippen LogP contribution in [-0.4, -0.2) is 82.1 Å². The number of likely N-dealkylation sites (tertiary alicyclic amines) is 1. The molecule has 7 nitrogen and oxygen atoms in total. The van der Waals surface area contributed by atoms with Gasteiger partial charge in [0, 0.05) is 45.2 Å². The van der Waals surface area contributed by atoms with E-state index < -0.39 is 0 Å². The van der Waals surface area contributed by atoms with E-state index in [1.165, 1.54) is 6.42 Å². The van der Waals surface area contributed by atoms with Crippen LogP contribution in [-0.2, 0) is 4.79 Å². The smallest absolute Gasteiger partial charge is 0.272 e. The van der Waals surface area contributed by atoms with E-state index in [-0.39, 0.29) is 11.8 Å². The van der Waals surface area contributed by atoms with E-state index in [1.54, 1.807) is 0 Å². The minimum Gasteiger partial charge on any atom is -0.341 e. The van der Waals surface area contributed by atoms with Crippen molar-refractivity contribution in [2.45, 2.75) is 39.0 Å². The van der Waals surface area contributed by atoms with Crippen molar-refractivity contribution in [3.8, 4) is 5.69 Å². The van der Waals surface area contributed by atoms with Crippen LogP contribution < -0.4 is 0 Å². The first-order valence-electron chi connectivity index (χ1n) is 12.4. The van der Waals surface area contributed by atoms with Crippen LogP contribution in [0.1, 0.15) is 55.2 Å². The van der Waals surface area contributed by atoms with Crippen molar-refractivity contribution in [2.24, 2.45) is 11.8 Å². The number of para-hydroxylation sites is 1. The second kappa shape index (κ2) is 9.29. The van der Waals surface area contributed by atoms with Crippen molar-refractivity contribution in [3.05, 3.63) is 47.8 Å². The number of piperazine rings is 1. The fraction of sp³-hybridized carbons (Fsp3) is 0.577. The molecule has 0 N–H and O–H groups in total. The third-order valence-electron chi connectivity index (χ3n) is 7.18. The van der Waals surface area contributed by atoms with Crippen molar-refractivity contribution in [1.82, 2.24) is 24.5 Å². The van der Waals surface area contributed by atoms with Gasteiger partial charge in [0.1, 0.15) is 5.69 Å². The average molecular weight is 450 g/mol. The summed E-state index contributed by atoms with van der Waals surface area (Å²) in [5.41, 5.74) is 2.59. The van der Waals surface area contributed by atoms with Crippen LogP contribution in [0.2, 0.25) is 0 Å². The number of amides is 2. The largest absolute Gasteiger partial charge is 0.341 e. The number of nitrogens with zero attached hydrogens (tertiary/aromatic N) is 5. The van der Waals surface area contributed by atoms with E-state index in [4.69, 9.17) is 5.10 Å². The highest BCUT2D eigenvalue weighted by Gasteiger charge is 2.32. The molecule has 3 aliphatic rings. The van der Waals surface area contributed by atoms with Gasteiger partial charge < -0.3 is 9.80 Å². The highest BCUT2D eigenvalue weighted by molar-refractivity contribution is 5.93. The zero-order valence-electron chi connectivity index (χ0n) is 19.8. The Kier molecular flexibility index (Phi) is 6.23. The fourth-order valence-electron chi connectivity index (χ4n) is 5.33. The Hall–Kier alpha value is -2.67. The third kappa shape index (κ3) is 4.98. The van der Waals surface area contributed by atoms with Gasteiger partial charge in [0.2, 0.25) is 5.91 Å². The molecule has 0 radical (unpaired) electrons. The summed E-state index contributed by atoms with van der Waals surface area (Å²) in [5.74, 6) is 1.89. The average Bonchev–Trinajstić information content (AvgIpc) is 3.57. The lowest BCUT2D eigenvalue weighted by atomic mass is 9.92. The number of hydrogen-bond acceptors (Lipinski definition) is 4. The topological polar surface area (TPSA) is 61.7 Å². The molecule has 2 unspecified atom stereocenters. The summed E-state index contributed by atoms with van der Waals surface area (Å²) in [6.07, 6.45) is 3.51. The van der Waals surface area contributed by atoms with Gasteiger partial charge in [0.25, 0.3) is 5.91 Å². The Balaban J connectivity index is 1.22. The zero-order valence-corrected chi connectivity index (χ0v) is 19.8. The van der Waals surface area contributed by atoms with Gasteiger partial charge in [-0.2, -0.15) is 5.10 Å². The summed E-state index contributed by atoms with van der Waals surface area (Å²) in [6, 6.07) is 11.9. The van der Waals surface area contributed by atoms with Gasteiger partial charge in [0.15, 0.2) is 0 Å². The van der Waals surface area contributed by atoms with Gasteiger partial charge in [-0.05, 0) is 49.3 Å². The minimum absolute atomic E-state index is 0.0305. The molecule has 2 aromatic rings. The predicted molar refractivity (Wildman–Crippen MR) is 127 cm³/mol. The highest BCUT2D eigenvalue weighted by Crippen LogP contribution is 2.40. The van der Waals surface area contributed by atoms with Crippen LogP contribution in [0.3, 0.4) is 0 Å². The van der Waals surface area contributed by atoms with Crippen molar-refractivity contribution in [3.63, 3.8) is 0 Å². The Morgan fingerprint density at radius 2 is 1.61 bits per heavy atom. The molecule has 5 rings (SSSR count). The quantitative estimate of drug-likeness (QED) is 0.704. The summed E-state index contributed by atoms with van der Waals surface area (Å²) in [6.45, 7) is 9.38. The summed E-state index contributed by atoms with van der Waals surface area (Å²) < 4.78 is 1.81. The van der Waals surface area contributed by atoms with Gasteiger partial charge >= 0.3 is 0 Å². The Morgan fingerprint density at radius 3 is 2.24 bits per heavy atom. The first-order valence-corrected chi connectivity index (χ1v) is 12.4. The number of aromatic nitrogens is 2. The van der Waals surface area contributed by atoms with E-state index in [9.17, 15) is 9.59 Å². The normalized spacial score (nSPS) is 24.2. The molecule has 2 aliphatic heterocycles. The second-order valence-electron chi connectivity index (χ2n) is 10.3. The predicted octanol–water partition coefficient (Wildman–Crippen LogP) is 3.01. The van der Waals surface area contributed by atoms with Gasteiger partial charge in [-0.15, -0.1) is 0 Å². The molecule has 2 amide bonds. The first kappa shape index (κ1) is 22.1. The lowest BCUT2D eigenvalue weighted by Crippen LogP contribution is -2.53. The lowest BCUT2D eigenvalue weighted by Gasteiger charge is -2.38. The summed E-state index contributed by atoms with van der Waals surface area (Å²) >= 11 is 0. The second-order valence-corrected chi connectivity index (χ2v) is 10.3. The van der Waals surface area contributed by atoms with Crippen molar-refractivity contribution < 1.29 is 9.59 Å². The van der Waals surface area contributed by atoms with Crippen molar-refractivity contribution in [1.29, 1.82) is 0 Å². The molecule has 0 spiro atoms. The monoisotopic (exact) mass is 449 g/mol. The van der Waals surface area contributed by atoms with E-state index in [0.717, 1.165) is 50.4 Å². The van der Waals surface area contributed by atoms with Crippen LogP contribution in [0, 0.1) is 11.8 Å². The zero-order chi connectivity index (χ0) is 22.9. The van der Waals surface area contributed by atoms with E-state index in [0.29, 0.717) is 43.1 Å². The Bertz CT molecular complexity index is 981. The summed E-state index contributed by atoms with van der Waals surface area (Å²) in [5, 5.41) is 4.79. The maximum atomic E-state index is 13.5. The van der Waals surface area contributed by atoms with Crippen LogP contribution >= 0.6 is 0 Å². The Labute approximate surface area is 196 Å². The SMILES string of the molecule is CC1CC(C)CN(C(=O)CN2CCN(C(=O)c3cc(C4CC4)nn3-c3ccccc3)CC2)C1. The van der Waals surface area contributed by atoms with Crippen LogP contribution in [0.15, 0.2) is 36.4 Å². The fourth-order valence-corrected chi connectivity index (χ4v) is 5.33. The van der Waals surface area contributed by atoms with Gasteiger partial charge in [0.05, 0.1) is 17.9 Å². The maximum absolute atomic E-state index is 13.5. The van der Waals surface area contributed by atoms with Crippen molar-refractivity contribution in [2.75, 3.05) is 45.8 Å². The molecule has 3 fully saturated rings. The summed E-state index contributed by atoms with van der Waals surface area (Å²) in [4.78, 5) is 32.5. The standard InChI is InChI=1S/C26H35N5O2/c1-19-14-20(2)17-30(16-19)25(32)18-28-10-12-29(13-11-28)26(33)24-15-23(21-8-9-21)27-31(24)22-6-4-3-5-7-22/h3-7,15,19-21H,8-14,16-18H2,1-2H3.